The number of rotatable bonds is 0. The Morgan fingerprint density at radius 1 is 1.58 bits per heavy atom. The SMILES string of the molecule is CC1CN(C)n2cccc2C1=O. The minimum absolute atomic E-state index is 0.123. The van der Waals surface area contributed by atoms with E-state index in [0.29, 0.717) is 0 Å². The first kappa shape index (κ1) is 7.40. The van der Waals surface area contributed by atoms with Gasteiger partial charge in [0.1, 0.15) is 5.69 Å². The van der Waals surface area contributed by atoms with E-state index in [0.717, 1.165) is 12.2 Å². The molecular formula is C9H12N2O. The molecule has 0 amide bonds. The molecule has 3 nitrogen and oxygen atoms in total. The van der Waals surface area contributed by atoms with Crippen LogP contribution in [-0.4, -0.2) is 24.1 Å². The zero-order valence-corrected chi connectivity index (χ0v) is 7.32. The van der Waals surface area contributed by atoms with E-state index < -0.39 is 0 Å². The molecule has 1 aromatic rings. The van der Waals surface area contributed by atoms with E-state index in [9.17, 15) is 4.79 Å². The fourth-order valence-corrected chi connectivity index (χ4v) is 1.68. The van der Waals surface area contributed by atoms with E-state index in [1.807, 2.05) is 37.0 Å². The van der Waals surface area contributed by atoms with Crippen molar-refractivity contribution in [3.63, 3.8) is 0 Å². The molecule has 0 saturated carbocycles. The second kappa shape index (κ2) is 2.37. The predicted octanol–water partition coefficient (Wildman–Crippen LogP) is 0.888. The van der Waals surface area contributed by atoms with Crippen LogP contribution in [0.4, 0.5) is 0 Å². The zero-order valence-electron chi connectivity index (χ0n) is 7.32. The van der Waals surface area contributed by atoms with Crippen LogP contribution in [0.15, 0.2) is 18.3 Å². The second-order valence-corrected chi connectivity index (χ2v) is 3.34. The lowest BCUT2D eigenvalue weighted by Gasteiger charge is -2.30. The van der Waals surface area contributed by atoms with Crippen LogP contribution in [0.2, 0.25) is 0 Å². The highest BCUT2D eigenvalue weighted by Gasteiger charge is 2.25. The largest absolute Gasteiger partial charge is 0.315 e. The first-order valence-corrected chi connectivity index (χ1v) is 4.13. The van der Waals surface area contributed by atoms with Gasteiger partial charge in [0.15, 0.2) is 5.78 Å². The van der Waals surface area contributed by atoms with Crippen molar-refractivity contribution >= 4 is 5.78 Å². The molecule has 0 saturated heterocycles. The Morgan fingerprint density at radius 3 is 3.08 bits per heavy atom. The van der Waals surface area contributed by atoms with Gasteiger partial charge in [-0.25, -0.2) is 0 Å². The fourth-order valence-electron chi connectivity index (χ4n) is 1.68. The smallest absolute Gasteiger partial charge is 0.185 e. The Kier molecular flexibility index (Phi) is 1.46. The molecule has 2 rings (SSSR count). The van der Waals surface area contributed by atoms with Crippen LogP contribution in [0.25, 0.3) is 0 Å². The van der Waals surface area contributed by atoms with E-state index in [4.69, 9.17) is 0 Å². The summed E-state index contributed by atoms with van der Waals surface area (Å²) in [7, 11) is 1.99. The van der Waals surface area contributed by atoms with Gasteiger partial charge in [0, 0.05) is 25.7 Å². The molecule has 1 aromatic heterocycles. The summed E-state index contributed by atoms with van der Waals surface area (Å²) < 4.78 is 1.91. The van der Waals surface area contributed by atoms with Gasteiger partial charge in [-0.1, -0.05) is 6.92 Å². The highest BCUT2D eigenvalue weighted by atomic mass is 16.1. The topological polar surface area (TPSA) is 25.2 Å². The zero-order chi connectivity index (χ0) is 8.72. The van der Waals surface area contributed by atoms with Gasteiger partial charge in [0.2, 0.25) is 0 Å². The highest BCUT2D eigenvalue weighted by Crippen LogP contribution is 2.16. The van der Waals surface area contributed by atoms with E-state index in [2.05, 4.69) is 5.01 Å². The number of hydrogen-bond acceptors (Lipinski definition) is 2. The standard InChI is InChI=1S/C9H12N2O/c1-7-6-10(2)11-5-3-4-8(11)9(7)12/h3-5,7H,6H2,1-2H3. The highest BCUT2D eigenvalue weighted by molar-refractivity contribution is 5.97. The number of hydrogen-bond donors (Lipinski definition) is 0. The number of carbonyl (C=O) groups is 1. The molecule has 1 aliphatic rings. The van der Waals surface area contributed by atoms with Crippen molar-refractivity contribution in [2.24, 2.45) is 5.92 Å². The number of ketones is 1. The summed E-state index contributed by atoms with van der Waals surface area (Å²) in [6.07, 6.45) is 1.92. The van der Waals surface area contributed by atoms with Gasteiger partial charge >= 0.3 is 0 Å². The van der Waals surface area contributed by atoms with E-state index >= 15 is 0 Å². The molecule has 2 heterocycles. The van der Waals surface area contributed by atoms with Crippen molar-refractivity contribution in [2.45, 2.75) is 6.92 Å². The summed E-state index contributed by atoms with van der Waals surface area (Å²) in [5.74, 6) is 0.371. The Balaban J connectivity index is 2.50. The van der Waals surface area contributed by atoms with Crippen LogP contribution >= 0.6 is 0 Å². The van der Waals surface area contributed by atoms with Crippen molar-refractivity contribution in [3.8, 4) is 0 Å². The molecule has 1 atom stereocenters. The van der Waals surface area contributed by atoms with Crippen LogP contribution in [0.3, 0.4) is 0 Å². The summed E-state index contributed by atoms with van der Waals surface area (Å²) in [6.45, 7) is 2.77. The molecule has 0 aliphatic carbocycles. The van der Waals surface area contributed by atoms with Crippen molar-refractivity contribution in [2.75, 3.05) is 18.6 Å². The number of fused-ring (bicyclic) bond motifs is 1. The molecule has 0 N–H and O–H groups in total. The van der Waals surface area contributed by atoms with Crippen LogP contribution in [0.5, 0.6) is 0 Å². The minimum Gasteiger partial charge on any atom is -0.315 e. The van der Waals surface area contributed by atoms with Gasteiger partial charge in [-0.15, -0.1) is 0 Å². The minimum atomic E-state index is 0.123. The summed E-state index contributed by atoms with van der Waals surface area (Å²) in [4.78, 5) is 11.6. The van der Waals surface area contributed by atoms with Crippen LogP contribution in [0, 0.1) is 5.92 Å². The van der Waals surface area contributed by atoms with Gasteiger partial charge in [0.25, 0.3) is 0 Å². The third-order valence-electron chi connectivity index (χ3n) is 2.33. The van der Waals surface area contributed by atoms with Gasteiger partial charge < -0.3 is 5.01 Å². The molecule has 0 bridgehead atoms. The maximum absolute atomic E-state index is 11.6. The molecule has 0 aromatic carbocycles. The normalized spacial score (nSPS) is 22.7. The molecule has 12 heavy (non-hydrogen) atoms. The first-order chi connectivity index (χ1) is 5.70. The Labute approximate surface area is 71.6 Å². The lowest BCUT2D eigenvalue weighted by atomic mass is 10.0. The monoisotopic (exact) mass is 164 g/mol. The molecule has 3 heteroatoms. The van der Waals surface area contributed by atoms with Crippen molar-refractivity contribution in [1.82, 2.24) is 4.68 Å². The Morgan fingerprint density at radius 2 is 2.33 bits per heavy atom. The van der Waals surface area contributed by atoms with Gasteiger partial charge in [-0.3, -0.25) is 9.47 Å². The Bertz CT molecular complexity index is 316. The van der Waals surface area contributed by atoms with Gasteiger partial charge in [-0.05, 0) is 12.1 Å². The average molecular weight is 164 g/mol. The molecule has 1 unspecified atom stereocenters. The molecule has 0 spiro atoms. The lowest BCUT2D eigenvalue weighted by molar-refractivity contribution is 0.0903. The summed E-state index contributed by atoms with van der Waals surface area (Å²) in [5, 5.41) is 2.06. The quantitative estimate of drug-likeness (QED) is 0.569. The number of aromatic nitrogens is 1. The van der Waals surface area contributed by atoms with Gasteiger partial charge in [0.05, 0.1) is 0 Å². The van der Waals surface area contributed by atoms with Crippen LogP contribution in [0.1, 0.15) is 17.4 Å². The molecule has 64 valence electrons. The first-order valence-electron chi connectivity index (χ1n) is 4.13. The third-order valence-corrected chi connectivity index (χ3v) is 2.33. The van der Waals surface area contributed by atoms with E-state index in [1.165, 1.54) is 0 Å². The maximum atomic E-state index is 11.6. The van der Waals surface area contributed by atoms with E-state index in [1.54, 1.807) is 0 Å². The molecule has 0 fully saturated rings. The van der Waals surface area contributed by atoms with E-state index in [-0.39, 0.29) is 11.7 Å². The lowest BCUT2D eigenvalue weighted by Crippen LogP contribution is -2.43. The van der Waals surface area contributed by atoms with Crippen molar-refractivity contribution < 1.29 is 4.79 Å². The van der Waals surface area contributed by atoms with Gasteiger partial charge in [-0.2, -0.15) is 0 Å². The number of carbonyl (C=O) groups excluding carboxylic acids is 1. The fraction of sp³-hybridized carbons (Fsp3) is 0.444. The van der Waals surface area contributed by atoms with Crippen molar-refractivity contribution in [3.05, 3.63) is 24.0 Å². The Hall–Kier alpha value is -1.25. The number of Topliss-reactive ketones (excluding diaryl/α,β-unsaturated/α-hetero) is 1. The predicted molar refractivity (Wildman–Crippen MR) is 46.9 cm³/mol. The summed E-state index contributed by atoms with van der Waals surface area (Å²) >= 11 is 0. The third kappa shape index (κ3) is 0.858. The molecular weight excluding hydrogens is 152 g/mol. The molecule has 1 aliphatic heterocycles. The van der Waals surface area contributed by atoms with Crippen LogP contribution < -0.4 is 5.01 Å². The summed E-state index contributed by atoms with van der Waals surface area (Å²) in [6, 6.07) is 3.77. The summed E-state index contributed by atoms with van der Waals surface area (Å²) in [5.41, 5.74) is 0.802. The average Bonchev–Trinajstić information content (AvgIpc) is 2.48. The second-order valence-electron chi connectivity index (χ2n) is 3.34. The van der Waals surface area contributed by atoms with Crippen LogP contribution in [-0.2, 0) is 0 Å². The van der Waals surface area contributed by atoms with Crippen molar-refractivity contribution in [1.29, 1.82) is 0 Å². The molecule has 0 radical (unpaired) electrons. The maximum Gasteiger partial charge on any atom is 0.185 e. The number of nitrogens with zero attached hydrogens (tertiary/aromatic N) is 2.